The molecule has 0 unspecified atom stereocenters. The molecule has 0 aliphatic heterocycles. The molecule has 0 atom stereocenters. The van der Waals surface area contributed by atoms with Gasteiger partial charge in [-0.15, -0.1) is 0 Å². The van der Waals surface area contributed by atoms with E-state index in [9.17, 15) is 29.8 Å². The second-order valence-corrected chi connectivity index (χ2v) is 8.09. The van der Waals surface area contributed by atoms with Gasteiger partial charge in [0.25, 0.3) is 23.2 Å². The summed E-state index contributed by atoms with van der Waals surface area (Å²) in [7, 11) is 0. The standard InChI is InChI=1S/C27H20N4O6/c32-26(20-5-13-24(14-6-20)30(34)35)28-22-9-1-18(2-10-22)17-19-3-11-23(12-4-19)29-27(33)21-7-15-25(16-8-21)31(36)37/h1-16H,17H2,(H,28,32)(H,29,33). The van der Waals surface area contributed by atoms with E-state index in [2.05, 4.69) is 10.6 Å². The van der Waals surface area contributed by atoms with E-state index in [0.29, 0.717) is 28.9 Å². The third kappa shape index (κ3) is 6.40. The van der Waals surface area contributed by atoms with Crippen LogP contribution in [0.1, 0.15) is 31.8 Å². The quantitative estimate of drug-likeness (QED) is 0.240. The molecule has 0 aromatic heterocycles. The maximum Gasteiger partial charge on any atom is 0.269 e. The number of nitrogens with zero attached hydrogens (tertiary/aromatic N) is 2. The van der Waals surface area contributed by atoms with Crippen LogP contribution in [0.5, 0.6) is 0 Å². The number of nitro benzene ring substituents is 2. The highest BCUT2D eigenvalue weighted by Crippen LogP contribution is 2.19. The SMILES string of the molecule is O=C(Nc1ccc(Cc2ccc(NC(=O)c3ccc([N+](=O)[O-])cc3)cc2)cc1)c1ccc([N+](=O)[O-])cc1. The largest absolute Gasteiger partial charge is 0.322 e. The lowest BCUT2D eigenvalue weighted by atomic mass is 10.0. The number of benzene rings is 4. The summed E-state index contributed by atoms with van der Waals surface area (Å²) in [4.78, 5) is 45.2. The lowest BCUT2D eigenvalue weighted by Gasteiger charge is -2.08. The first-order chi connectivity index (χ1) is 17.8. The van der Waals surface area contributed by atoms with Crippen LogP contribution in [-0.2, 0) is 6.42 Å². The van der Waals surface area contributed by atoms with Gasteiger partial charge < -0.3 is 10.6 Å². The van der Waals surface area contributed by atoms with E-state index < -0.39 is 9.85 Å². The highest BCUT2D eigenvalue weighted by molar-refractivity contribution is 6.05. The topological polar surface area (TPSA) is 144 Å². The van der Waals surface area contributed by atoms with Crippen molar-refractivity contribution >= 4 is 34.6 Å². The number of carbonyl (C=O) groups excluding carboxylic acids is 2. The highest BCUT2D eigenvalue weighted by Gasteiger charge is 2.11. The van der Waals surface area contributed by atoms with Gasteiger partial charge in [-0.3, -0.25) is 29.8 Å². The molecule has 0 aliphatic rings. The van der Waals surface area contributed by atoms with Crippen molar-refractivity contribution in [1.82, 2.24) is 0 Å². The summed E-state index contributed by atoms with van der Waals surface area (Å²) < 4.78 is 0. The third-order valence-electron chi connectivity index (χ3n) is 5.51. The molecule has 0 spiro atoms. The maximum atomic E-state index is 12.4. The minimum Gasteiger partial charge on any atom is -0.322 e. The Balaban J connectivity index is 1.32. The lowest BCUT2D eigenvalue weighted by Crippen LogP contribution is -2.12. The molecule has 0 aliphatic carbocycles. The fraction of sp³-hybridized carbons (Fsp3) is 0.0370. The monoisotopic (exact) mass is 496 g/mol. The van der Waals surface area contributed by atoms with Crippen LogP contribution in [0.15, 0.2) is 97.1 Å². The molecule has 4 rings (SSSR count). The van der Waals surface area contributed by atoms with Gasteiger partial charge in [0, 0.05) is 46.8 Å². The Kier molecular flexibility index (Phi) is 7.29. The Morgan fingerprint density at radius 1 is 0.541 bits per heavy atom. The summed E-state index contributed by atoms with van der Waals surface area (Å²) in [5, 5.41) is 27.0. The molecule has 10 heteroatoms. The van der Waals surface area contributed by atoms with Crippen LogP contribution in [0.25, 0.3) is 0 Å². The number of anilines is 2. The molecule has 10 nitrogen and oxygen atoms in total. The third-order valence-corrected chi connectivity index (χ3v) is 5.51. The van der Waals surface area contributed by atoms with E-state index in [1.54, 1.807) is 24.3 Å². The van der Waals surface area contributed by atoms with Crippen LogP contribution in [-0.4, -0.2) is 21.7 Å². The highest BCUT2D eigenvalue weighted by atomic mass is 16.6. The summed E-state index contributed by atoms with van der Waals surface area (Å²) >= 11 is 0. The molecular formula is C27H20N4O6. The maximum absolute atomic E-state index is 12.4. The van der Waals surface area contributed by atoms with Crippen molar-refractivity contribution in [3.63, 3.8) is 0 Å². The molecule has 37 heavy (non-hydrogen) atoms. The van der Waals surface area contributed by atoms with E-state index >= 15 is 0 Å². The minimum atomic E-state index is -0.522. The number of rotatable bonds is 8. The fourth-order valence-electron chi connectivity index (χ4n) is 3.52. The Morgan fingerprint density at radius 3 is 1.16 bits per heavy atom. The Bertz CT molecular complexity index is 1340. The lowest BCUT2D eigenvalue weighted by molar-refractivity contribution is -0.385. The van der Waals surface area contributed by atoms with Gasteiger partial charge >= 0.3 is 0 Å². The Hall–Kier alpha value is -5.38. The Morgan fingerprint density at radius 2 is 0.865 bits per heavy atom. The van der Waals surface area contributed by atoms with Gasteiger partial charge in [-0.05, 0) is 66.1 Å². The second-order valence-electron chi connectivity index (χ2n) is 8.09. The van der Waals surface area contributed by atoms with E-state index in [0.717, 1.165) is 11.1 Å². The van der Waals surface area contributed by atoms with Crippen LogP contribution in [0, 0.1) is 20.2 Å². The number of nitro groups is 2. The summed E-state index contributed by atoms with van der Waals surface area (Å²) in [6.07, 6.45) is 0.632. The van der Waals surface area contributed by atoms with E-state index in [-0.39, 0.29) is 23.2 Å². The molecule has 0 bridgehead atoms. The predicted molar refractivity (Wildman–Crippen MR) is 138 cm³/mol. The number of non-ortho nitro benzene ring substituents is 2. The van der Waals surface area contributed by atoms with E-state index in [4.69, 9.17) is 0 Å². The fourth-order valence-corrected chi connectivity index (χ4v) is 3.52. The first kappa shape index (κ1) is 24.7. The van der Waals surface area contributed by atoms with Gasteiger partial charge in [-0.1, -0.05) is 24.3 Å². The Labute approximate surface area is 210 Å². The minimum absolute atomic E-state index is 0.0826. The van der Waals surface area contributed by atoms with Crippen molar-refractivity contribution in [1.29, 1.82) is 0 Å². The van der Waals surface area contributed by atoms with Crippen molar-refractivity contribution in [2.75, 3.05) is 10.6 Å². The zero-order valence-corrected chi connectivity index (χ0v) is 19.3. The van der Waals surface area contributed by atoms with Gasteiger partial charge in [0.05, 0.1) is 9.85 Å². The number of amides is 2. The van der Waals surface area contributed by atoms with Crippen LogP contribution in [0.3, 0.4) is 0 Å². The summed E-state index contributed by atoms with van der Waals surface area (Å²) in [6, 6.07) is 25.4. The molecule has 4 aromatic carbocycles. The molecule has 0 heterocycles. The van der Waals surface area contributed by atoms with E-state index in [1.807, 2.05) is 24.3 Å². The van der Waals surface area contributed by atoms with Crippen molar-refractivity contribution in [2.24, 2.45) is 0 Å². The van der Waals surface area contributed by atoms with E-state index in [1.165, 1.54) is 48.5 Å². The zero-order valence-electron chi connectivity index (χ0n) is 19.3. The van der Waals surface area contributed by atoms with Crippen molar-refractivity contribution in [3.8, 4) is 0 Å². The normalized spacial score (nSPS) is 10.4. The first-order valence-corrected chi connectivity index (χ1v) is 11.1. The zero-order chi connectivity index (χ0) is 26.4. The van der Waals surface area contributed by atoms with Gasteiger partial charge in [0.15, 0.2) is 0 Å². The first-order valence-electron chi connectivity index (χ1n) is 11.1. The molecule has 0 radical (unpaired) electrons. The number of hydrogen-bond acceptors (Lipinski definition) is 6. The summed E-state index contributed by atoms with van der Waals surface area (Å²) in [6.45, 7) is 0. The molecule has 2 amide bonds. The van der Waals surface area contributed by atoms with Crippen molar-refractivity contribution in [2.45, 2.75) is 6.42 Å². The number of carbonyl (C=O) groups is 2. The average molecular weight is 496 g/mol. The molecule has 2 N–H and O–H groups in total. The van der Waals surface area contributed by atoms with Crippen LogP contribution < -0.4 is 10.6 Å². The van der Waals surface area contributed by atoms with Crippen LogP contribution in [0.2, 0.25) is 0 Å². The molecule has 0 saturated carbocycles. The van der Waals surface area contributed by atoms with Gasteiger partial charge in [-0.2, -0.15) is 0 Å². The average Bonchev–Trinajstić information content (AvgIpc) is 2.91. The van der Waals surface area contributed by atoms with Gasteiger partial charge in [0.2, 0.25) is 0 Å². The molecule has 0 saturated heterocycles. The van der Waals surface area contributed by atoms with Gasteiger partial charge in [-0.25, -0.2) is 0 Å². The molecule has 4 aromatic rings. The molecular weight excluding hydrogens is 476 g/mol. The molecule has 184 valence electrons. The van der Waals surface area contributed by atoms with Crippen LogP contribution >= 0.6 is 0 Å². The second kappa shape index (κ2) is 10.9. The van der Waals surface area contributed by atoms with Gasteiger partial charge in [0.1, 0.15) is 0 Å². The number of nitrogens with one attached hydrogen (secondary N) is 2. The predicted octanol–water partition coefficient (Wildman–Crippen LogP) is 5.60. The summed E-state index contributed by atoms with van der Waals surface area (Å²) in [5.41, 5.74) is 3.67. The van der Waals surface area contributed by atoms with Crippen molar-refractivity contribution in [3.05, 3.63) is 140 Å². The van der Waals surface area contributed by atoms with Crippen molar-refractivity contribution < 1.29 is 19.4 Å². The van der Waals surface area contributed by atoms with Crippen LogP contribution in [0.4, 0.5) is 22.7 Å². The summed E-state index contributed by atoms with van der Waals surface area (Å²) in [5.74, 6) is -0.733. The smallest absolute Gasteiger partial charge is 0.269 e. The number of hydrogen-bond donors (Lipinski definition) is 2. The molecule has 0 fully saturated rings.